The Bertz CT molecular complexity index is 823. The van der Waals surface area contributed by atoms with Crippen molar-refractivity contribution in [3.63, 3.8) is 0 Å². The Kier molecular flexibility index (Phi) is 3.96. The van der Waals surface area contributed by atoms with Crippen LogP contribution in [0.4, 0.5) is 0 Å². The van der Waals surface area contributed by atoms with Crippen LogP contribution in [0.5, 0.6) is 0 Å². The van der Waals surface area contributed by atoms with Crippen LogP contribution >= 0.6 is 0 Å². The lowest BCUT2D eigenvalue weighted by molar-refractivity contribution is 0.0956. The second-order valence-corrected chi connectivity index (χ2v) is 4.75. The summed E-state index contributed by atoms with van der Waals surface area (Å²) in [6.45, 7) is 2.01. The van der Waals surface area contributed by atoms with E-state index < -0.39 is 0 Å². The standard InChI is InChI=1S/C17H15N3O2/c1-2-12-10-15(14-7-3-4-8-16(14)19-12)17(21)20-18-11-13-6-5-9-22-13/h3-11H,2H2,1H3,(H,20,21)/b18-11+. The zero-order valence-corrected chi connectivity index (χ0v) is 12.1. The van der Waals surface area contributed by atoms with E-state index in [2.05, 4.69) is 15.5 Å². The maximum absolute atomic E-state index is 12.4. The summed E-state index contributed by atoms with van der Waals surface area (Å²) < 4.78 is 5.12. The van der Waals surface area contributed by atoms with Crippen molar-refractivity contribution in [2.45, 2.75) is 13.3 Å². The number of fused-ring (bicyclic) bond motifs is 1. The lowest BCUT2D eigenvalue weighted by Gasteiger charge is -2.07. The van der Waals surface area contributed by atoms with Crippen molar-refractivity contribution in [3.8, 4) is 0 Å². The predicted molar refractivity (Wildman–Crippen MR) is 84.9 cm³/mol. The van der Waals surface area contributed by atoms with E-state index in [9.17, 15) is 4.79 Å². The number of aryl methyl sites for hydroxylation is 1. The van der Waals surface area contributed by atoms with Gasteiger partial charge in [-0.2, -0.15) is 5.10 Å². The molecule has 1 N–H and O–H groups in total. The first-order valence-electron chi connectivity index (χ1n) is 7.03. The number of carbonyl (C=O) groups is 1. The van der Waals surface area contributed by atoms with Crippen molar-refractivity contribution in [1.29, 1.82) is 0 Å². The maximum atomic E-state index is 12.4. The highest BCUT2D eigenvalue weighted by molar-refractivity contribution is 6.06. The third kappa shape index (κ3) is 2.88. The van der Waals surface area contributed by atoms with Crippen molar-refractivity contribution in [2.24, 2.45) is 5.10 Å². The molecule has 3 aromatic rings. The topological polar surface area (TPSA) is 67.5 Å². The minimum atomic E-state index is -0.267. The predicted octanol–water partition coefficient (Wildman–Crippen LogP) is 3.15. The van der Waals surface area contributed by atoms with Crippen molar-refractivity contribution in [3.05, 3.63) is 65.7 Å². The van der Waals surface area contributed by atoms with Gasteiger partial charge in [0, 0.05) is 11.1 Å². The van der Waals surface area contributed by atoms with Gasteiger partial charge in [0.15, 0.2) is 0 Å². The van der Waals surface area contributed by atoms with Gasteiger partial charge in [0.1, 0.15) is 5.76 Å². The Morgan fingerprint density at radius 2 is 2.18 bits per heavy atom. The minimum absolute atomic E-state index is 0.267. The molecular weight excluding hydrogens is 278 g/mol. The van der Waals surface area contributed by atoms with Gasteiger partial charge in [-0.1, -0.05) is 25.1 Å². The molecule has 2 aromatic heterocycles. The van der Waals surface area contributed by atoms with Gasteiger partial charge in [-0.25, -0.2) is 5.43 Å². The summed E-state index contributed by atoms with van der Waals surface area (Å²) in [6, 6.07) is 12.9. The molecule has 0 aliphatic rings. The number of pyridine rings is 1. The van der Waals surface area contributed by atoms with Crippen LogP contribution in [-0.4, -0.2) is 17.1 Å². The number of hydrogen-bond acceptors (Lipinski definition) is 4. The molecule has 5 heteroatoms. The van der Waals surface area contributed by atoms with Crippen molar-refractivity contribution >= 4 is 23.0 Å². The van der Waals surface area contributed by atoms with Gasteiger partial charge in [0.05, 0.1) is 23.6 Å². The first-order valence-corrected chi connectivity index (χ1v) is 7.03. The molecule has 110 valence electrons. The van der Waals surface area contributed by atoms with E-state index in [1.165, 1.54) is 6.21 Å². The summed E-state index contributed by atoms with van der Waals surface area (Å²) in [5.41, 5.74) is 4.77. The molecular formula is C17H15N3O2. The van der Waals surface area contributed by atoms with Crippen molar-refractivity contribution < 1.29 is 9.21 Å². The molecule has 0 saturated heterocycles. The quantitative estimate of drug-likeness (QED) is 0.593. The molecule has 0 saturated carbocycles. The molecule has 1 aromatic carbocycles. The second kappa shape index (κ2) is 6.22. The lowest BCUT2D eigenvalue weighted by atomic mass is 10.1. The molecule has 5 nitrogen and oxygen atoms in total. The smallest absolute Gasteiger partial charge is 0.272 e. The van der Waals surface area contributed by atoms with Gasteiger partial charge in [-0.15, -0.1) is 0 Å². The van der Waals surface area contributed by atoms with E-state index in [4.69, 9.17) is 4.42 Å². The van der Waals surface area contributed by atoms with E-state index in [0.717, 1.165) is 23.0 Å². The molecule has 22 heavy (non-hydrogen) atoms. The molecule has 0 unspecified atom stereocenters. The molecule has 0 aliphatic heterocycles. The van der Waals surface area contributed by atoms with Crippen LogP contribution in [0.3, 0.4) is 0 Å². The summed E-state index contributed by atoms with van der Waals surface area (Å²) in [4.78, 5) is 16.9. The van der Waals surface area contributed by atoms with Crippen LogP contribution < -0.4 is 5.43 Å². The first-order chi connectivity index (χ1) is 10.8. The monoisotopic (exact) mass is 293 g/mol. The summed E-state index contributed by atoms with van der Waals surface area (Å²) in [5, 5.41) is 4.72. The van der Waals surface area contributed by atoms with E-state index >= 15 is 0 Å². The highest BCUT2D eigenvalue weighted by Crippen LogP contribution is 2.18. The second-order valence-electron chi connectivity index (χ2n) is 4.75. The van der Waals surface area contributed by atoms with Crippen LogP contribution in [0.25, 0.3) is 10.9 Å². The van der Waals surface area contributed by atoms with Gasteiger partial charge >= 0.3 is 0 Å². The number of benzene rings is 1. The summed E-state index contributed by atoms with van der Waals surface area (Å²) >= 11 is 0. The number of hydrogen-bond donors (Lipinski definition) is 1. The third-order valence-electron chi connectivity index (χ3n) is 3.28. The lowest BCUT2D eigenvalue weighted by Crippen LogP contribution is -2.18. The molecule has 0 atom stereocenters. The number of aromatic nitrogens is 1. The molecule has 1 amide bonds. The average Bonchev–Trinajstić information content (AvgIpc) is 3.07. The van der Waals surface area contributed by atoms with Crippen LogP contribution in [-0.2, 0) is 6.42 Å². The van der Waals surface area contributed by atoms with E-state index in [1.807, 2.05) is 31.2 Å². The molecule has 0 radical (unpaired) electrons. The van der Waals surface area contributed by atoms with E-state index in [0.29, 0.717) is 11.3 Å². The Hall–Kier alpha value is -2.95. The average molecular weight is 293 g/mol. The molecule has 2 heterocycles. The molecule has 0 spiro atoms. The minimum Gasteiger partial charge on any atom is -0.463 e. The number of amides is 1. The summed E-state index contributed by atoms with van der Waals surface area (Å²) in [6.07, 6.45) is 3.77. The van der Waals surface area contributed by atoms with Crippen LogP contribution in [0.2, 0.25) is 0 Å². The number of furan rings is 1. The highest BCUT2D eigenvalue weighted by Gasteiger charge is 2.11. The van der Waals surface area contributed by atoms with Crippen LogP contribution in [0.1, 0.15) is 28.7 Å². The van der Waals surface area contributed by atoms with Crippen LogP contribution in [0.15, 0.2) is 58.2 Å². The third-order valence-corrected chi connectivity index (χ3v) is 3.28. The highest BCUT2D eigenvalue weighted by atomic mass is 16.3. The number of carbonyl (C=O) groups excluding carboxylic acids is 1. The Labute approximate surface area is 127 Å². The first kappa shape index (κ1) is 14.0. The molecule has 0 bridgehead atoms. The molecule has 0 fully saturated rings. The van der Waals surface area contributed by atoms with Crippen LogP contribution in [0, 0.1) is 0 Å². The SMILES string of the molecule is CCc1cc(C(=O)N/N=C/c2ccco2)c2ccccc2n1. The van der Waals surface area contributed by atoms with Crippen molar-refractivity contribution in [1.82, 2.24) is 10.4 Å². The molecule has 0 aliphatic carbocycles. The number of nitrogens with one attached hydrogen (secondary N) is 1. The summed E-state index contributed by atoms with van der Waals surface area (Å²) in [7, 11) is 0. The van der Waals surface area contributed by atoms with Gasteiger partial charge in [-0.3, -0.25) is 9.78 Å². The Morgan fingerprint density at radius 3 is 2.95 bits per heavy atom. The summed E-state index contributed by atoms with van der Waals surface area (Å²) in [5.74, 6) is 0.310. The largest absolute Gasteiger partial charge is 0.463 e. The van der Waals surface area contributed by atoms with Gasteiger partial charge in [-0.05, 0) is 30.7 Å². The Morgan fingerprint density at radius 1 is 1.32 bits per heavy atom. The normalized spacial score (nSPS) is 11.1. The number of hydrazone groups is 1. The fourth-order valence-electron chi connectivity index (χ4n) is 2.18. The molecule has 3 rings (SSSR count). The van der Waals surface area contributed by atoms with Gasteiger partial charge in [0.25, 0.3) is 5.91 Å². The maximum Gasteiger partial charge on any atom is 0.272 e. The zero-order valence-electron chi connectivity index (χ0n) is 12.1. The number of nitrogens with zero attached hydrogens (tertiary/aromatic N) is 2. The fourth-order valence-corrected chi connectivity index (χ4v) is 2.18. The van der Waals surface area contributed by atoms with Gasteiger partial charge < -0.3 is 4.42 Å². The number of para-hydroxylation sites is 1. The Balaban J connectivity index is 1.89. The van der Waals surface area contributed by atoms with E-state index in [-0.39, 0.29) is 5.91 Å². The van der Waals surface area contributed by atoms with Crippen molar-refractivity contribution in [2.75, 3.05) is 0 Å². The van der Waals surface area contributed by atoms with E-state index in [1.54, 1.807) is 24.5 Å². The van der Waals surface area contributed by atoms with Gasteiger partial charge in [0.2, 0.25) is 0 Å². The fraction of sp³-hybridized carbons (Fsp3) is 0.118. The zero-order chi connectivity index (χ0) is 15.4. The number of rotatable bonds is 4.